The Kier molecular flexibility index (Phi) is 7.46. The van der Waals surface area contributed by atoms with E-state index >= 15 is 0 Å². The molecule has 1 aliphatic rings. The van der Waals surface area contributed by atoms with Gasteiger partial charge in [0.25, 0.3) is 0 Å². The highest BCUT2D eigenvalue weighted by Gasteiger charge is 2.22. The van der Waals surface area contributed by atoms with Crippen molar-refractivity contribution < 1.29 is 23.5 Å². The fourth-order valence-corrected chi connectivity index (χ4v) is 3.74. The Hall–Kier alpha value is -3.13. The van der Waals surface area contributed by atoms with Crippen molar-refractivity contribution in [1.82, 2.24) is 10.2 Å². The number of hydrogen-bond donors (Lipinski definition) is 2. The number of likely N-dealkylation sites (tertiary alicyclic amines) is 1. The number of anilines is 1. The van der Waals surface area contributed by atoms with Crippen LogP contribution in [0.5, 0.6) is 0 Å². The molecular formula is C23H29N3O5. The number of methoxy groups -OCH3 is 1. The summed E-state index contributed by atoms with van der Waals surface area (Å²) in [5.74, 6) is 0.398. The van der Waals surface area contributed by atoms with Gasteiger partial charge in [-0.2, -0.15) is 0 Å². The van der Waals surface area contributed by atoms with Crippen LogP contribution in [0.25, 0.3) is 0 Å². The summed E-state index contributed by atoms with van der Waals surface area (Å²) in [7, 11) is 1.30. The van der Waals surface area contributed by atoms with Gasteiger partial charge in [-0.1, -0.05) is 0 Å². The number of nitrogens with zero attached hydrogens (tertiary/aromatic N) is 1. The van der Waals surface area contributed by atoms with Gasteiger partial charge >= 0.3 is 17.8 Å². The van der Waals surface area contributed by atoms with Gasteiger partial charge in [-0.3, -0.25) is 14.5 Å². The molecule has 2 N–H and O–H groups in total. The maximum atomic E-state index is 12.1. The average molecular weight is 428 g/mol. The lowest BCUT2D eigenvalue weighted by molar-refractivity contribution is -0.136. The Morgan fingerprint density at radius 3 is 2.35 bits per heavy atom. The minimum absolute atomic E-state index is 0.347. The first-order chi connectivity index (χ1) is 14.9. The Morgan fingerprint density at radius 2 is 1.77 bits per heavy atom. The molecule has 0 bridgehead atoms. The lowest BCUT2D eigenvalue weighted by atomic mass is 9.96. The van der Waals surface area contributed by atoms with Crippen LogP contribution in [-0.4, -0.2) is 49.4 Å². The zero-order chi connectivity index (χ0) is 22.4. The highest BCUT2D eigenvalue weighted by atomic mass is 16.5. The van der Waals surface area contributed by atoms with Crippen molar-refractivity contribution in [3.8, 4) is 0 Å². The normalized spacial score (nSPS) is 14.8. The number of rotatable bonds is 6. The van der Waals surface area contributed by atoms with E-state index in [0.717, 1.165) is 44.0 Å². The Bertz CT molecular complexity index is 927. The summed E-state index contributed by atoms with van der Waals surface area (Å²) in [6.45, 7) is 7.19. The first-order valence-electron chi connectivity index (χ1n) is 10.4. The molecular weight excluding hydrogens is 398 g/mol. The number of nitrogens with one attached hydrogen (secondary N) is 2. The highest BCUT2D eigenvalue weighted by Crippen LogP contribution is 2.21. The van der Waals surface area contributed by atoms with Crippen LogP contribution in [0.1, 0.15) is 40.3 Å². The van der Waals surface area contributed by atoms with Gasteiger partial charge in [0.15, 0.2) is 0 Å². The molecule has 8 heteroatoms. The van der Waals surface area contributed by atoms with Gasteiger partial charge in [0.05, 0.1) is 12.7 Å². The number of hydrogen-bond acceptors (Lipinski definition) is 6. The molecule has 8 nitrogen and oxygen atoms in total. The largest absolute Gasteiger partial charge is 0.466 e. The zero-order valence-corrected chi connectivity index (χ0v) is 18.2. The van der Waals surface area contributed by atoms with Crippen molar-refractivity contribution in [3.63, 3.8) is 0 Å². The summed E-state index contributed by atoms with van der Waals surface area (Å²) in [5.41, 5.74) is 2.03. The summed E-state index contributed by atoms with van der Waals surface area (Å²) >= 11 is 0. The number of furan rings is 1. The summed E-state index contributed by atoms with van der Waals surface area (Å²) in [5, 5.41) is 5.26. The van der Waals surface area contributed by atoms with Gasteiger partial charge in [-0.15, -0.1) is 0 Å². The Balaban J connectivity index is 1.39. The third-order valence-corrected chi connectivity index (χ3v) is 5.57. The maximum Gasteiger partial charge on any atom is 0.337 e. The number of esters is 1. The van der Waals surface area contributed by atoms with E-state index in [2.05, 4.69) is 26.3 Å². The molecule has 0 spiro atoms. The van der Waals surface area contributed by atoms with Gasteiger partial charge in [-0.25, -0.2) is 4.79 Å². The number of aryl methyl sites for hydroxylation is 2. The lowest BCUT2D eigenvalue weighted by Gasteiger charge is -2.31. The molecule has 166 valence electrons. The number of ether oxygens (including phenoxy) is 1. The molecule has 1 aromatic carbocycles. The second-order valence-corrected chi connectivity index (χ2v) is 7.89. The first kappa shape index (κ1) is 22.6. The topological polar surface area (TPSA) is 101 Å². The quantitative estimate of drug-likeness (QED) is 0.543. The van der Waals surface area contributed by atoms with Crippen molar-refractivity contribution in [2.24, 2.45) is 5.92 Å². The second-order valence-electron chi connectivity index (χ2n) is 7.89. The highest BCUT2D eigenvalue weighted by molar-refractivity contribution is 6.39. The van der Waals surface area contributed by atoms with Crippen molar-refractivity contribution in [2.45, 2.75) is 33.2 Å². The smallest absolute Gasteiger partial charge is 0.337 e. The monoisotopic (exact) mass is 427 g/mol. The summed E-state index contributed by atoms with van der Waals surface area (Å²) < 4.78 is 10.2. The fourth-order valence-electron chi connectivity index (χ4n) is 3.74. The van der Waals surface area contributed by atoms with Crippen LogP contribution in [0.4, 0.5) is 5.69 Å². The minimum atomic E-state index is -0.728. The van der Waals surface area contributed by atoms with E-state index in [0.29, 0.717) is 23.7 Å². The van der Waals surface area contributed by atoms with Gasteiger partial charge in [0.1, 0.15) is 11.5 Å². The molecule has 0 saturated carbocycles. The molecule has 1 fully saturated rings. The first-order valence-corrected chi connectivity index (χ1v) is 10.4. The molecule has 0 radical (unpaired) electrons. The number of benzene rings is 1. The fraction of sp³-hybridized carbons (Fsp3) is 0.435. The molecule has 2 amide bonds. The van der Waals surface area contributed by atoms with Crippen molar-refractivity contribution in [1.29, 1.82) is 0 Å². The van der Waals surface area contributed by atoms with Gasteiger partial charge in [0, 0.05) is 24.3 Å². The molecule has 2 aromatic rings. The molecule has 0 atom stereocenters. The van der Waals surface area contributed by atoms with Crippen molar-refractivity contribution in [2.75, 3.05) is 32.1 Å². The predicted molar refractivity (Wildman–Crippen MR) is 116 cm³/mol. The van der Waals surface area contributed by atoms with Gasteiger partial charge < -0.3 is 19.8 Å². The van der Waals surface area contributed by atoms with Crippen LogP contribution < -0.4 is 10.6 Å². The van der Waals surface area contributed by atoms with Crippen LogP contribution in [0.15, 0.2) is 34.7 Å². The van der Waals surface area contributed by atoms with Crippen LogP contribution in [0.3, 0.4) is 0 Å². The van der Waals surface area contributed by atoms with Crippen molar-refractivity contribution in [3.05, 3.63) is 53.0 Å². The number of amides is 2. The van der Waals surface area contributed by atoms with E-state index in [9.17, 15) is 14.4 Å². The predicted octanol–water partition coefficient (Wildman–Crippen LogP) is 2.65. The SMILES string of the molecule is COC(=O)c1ccc(NC(=O)C(=O)NCC2CCN(Cc3cc(C)oc3C)CC2)cc1. The molecule has 2 heterocycles. The standard InChI is InChI=1S/C23H29N3O5/c1-15-12-19(16(2)31-15)14-26-10-8-17(9-11-26)13-24-21(27)22(28)25-20-6-4-18(5-7-20)23(29)30-3/h4-7,12,17H,8-11,13-14H2,1-3H3,(H,24,27)(H,25,28). The van der Waals surface area contributed by atoms with Crippen LogP contribution in [0.2, 0.25) is 0 Å². The molecule has 1 saturated heterocycles. The summed E-state index contributed by atoms with van der Waals surface area (Å²) in [6, 6.07) is 8.24. The summed E-state index contributed by atoms with van der Waals surface area (Å²) in [6.07, 6.45) is 1.93. The number of carbonyl (C=O) groups is 3. The van der Waals surface area contributed by atoms with E-state index in [-0.39, 0.29) is 0 Å². The Morgan fingerprint density at radius 1 is 1.10 bits per heavy atom. The zero-order valence-electron chi connectivity index (χ0n) is 18.2. The molecule has 0 aliphatic carbocycles. The van der Waals surface area contributed by atoms with E-state index in [1.807, 2.05) is 13.8 Å². The van der Waals surface area contributed by atoms with E-state index in [1.165, 1.54) is 24.8 Å². The maximum absolute atomic E-state index is 12.1. The molecule has 1 aromatic heterocycles. The van der Waals surface area contributed by atoms with Gasteiger partial charge in [0.2, 0.25) is 0 Å². The van der Waals surface area contributed by atoms with Crippen molar-refractivity contribution >= 4 is 23.5 Å². The van der Waals surface area contributed by atoms with E-state index in [4.69, 9.17) is 4.42 Å². The van der Waals surface area contributed by atoms with Crippen LogP contribution in [-0.2, 0) is 20.9 Å². The molecule has 1 aliphatic heterocycles. The third-order valence-electron chi connectivity index (χ3n) is 5.57. The van der Waals surface area contributed by atoms with E-state index < -0.39 is 17.8 Å². The minimum Gasteiger partial charge on any atom is -0.466 e. The number of carbonyl (C=O) groups excluding carboxylic acids is 3. The number of piperidine rings is 1. The van der Waals surface area contributed by atoms with Crippen LogP contribution >= 0.6 is 0 Å². The molecule has 0 unspecified atom stereocenters. The molecule has 31 heavy (non-hydrogen) atoms. The molecule has 3 rings (SSSR count). The van der Waals surface area contributed by atoms with E-state index in [1.54, 1.807) is 12.1 Å². The second kappa shape index (κ2) is 10.3. The Labute approximate surface area is 181 Å². The summed E-state index contributed by atoms with van der Waals surface area (Å²) in [4.78, 5) is 38.1. The van der Waals surface area contributed by atoms with Gasteiger partial charge in [-0.05, 0) is 76.0 Å². The van der Waals surface area contributed by atoms with Crippen LogP contribution in [0, 0.1) is 19.8 Å². The third kappa shape index (κ3) is 6.18. The lowest BCUT2D eigenvalue weighted by Crippen LogP contribution is -2.41. The average Bonchev–Trinajstić information content (AvgIpc) is 3.09.